The normalized spacial score (nSPS) is 15.6. The minimum atomic E-state index is 0. The molecule has 0 saturated carbocycles. The summed E-state index contributed by atoms with van der Waals surface area (Å²) in [5.74, 6) is 1.77. The van der Waals surface area contributed by atoms with E-state index in [1.54, 1.807) is 7.05 Å². The molecule has 1 aliphatic heterocycles. The Labute approximate surface area is 184 Å². The summed E-state index contributed by atoms with van der Waals surface area (Å²) >= 11 is 0. The molecule has 3 rings (SSSR count). The molecule has 1 heterocycles. The van der Waals surface area contributed by atoms with Crippen LogP contribution in [0.15, 0.2) is 53.5 Å². The Morgan fingerprint density at radius 2 is 1.93 bits per heavy atom. The summed E-state index contributed by atoms with van der Waals surface area (Å²) in [5, 5.41) is 6.73. The first-order valence-corrected chi connectivity index (χ1v) is 9.52. The van der Waals surface area contributed by atoms with E-state index in [1.807, 2.05) is 26.0 Å². The van der Waals surface area contributed by atoms with Crippen molar-refractivity contribution in [2.24, 2.45) is 4.99 Å². The first-order valence-electron chi connectivity index (χ1n) is 9.52. The molecular formula is C22H30IN3O2. The highest BCUT2D eigenvalue weighted by molar-refractivity contribution is 14.0. The Morgan fingerprint density at radius 1 is 1.14 bits per heavy atom. The number of benzene rings is 2. The van der Waals surface area contributed by atoms with Crippen LogP contribution in [0.3, 0.4) is 0 Å². The zero-order chi connectivity index (χ0) is 19.1. The minimum Gasteiger partial charge on any atom is -0.488 e. The van der Waals surface area contributed by atoms with Gasteiger partial charge in [-0.1, -0.05) is 42.5 Å². The van der Waals surface area contributed by atoms with Gasteiger partial charge in [-0.15, -0.1) is 24.0 Å². The molecule has 0 fully saturated rings. The van der Waals surface area contributed by atoms with E-state index in [2.05, 4.69) is 52.0 Å². The lowest BCUT2D eigenvalue weighted by Gasteiger charge is -2.16. The number of hydrogen-bond acceptors (Lipinski definition) is 3. The van der Waals surface area contributed by atoms with Gasteiger partial charge in [-0.05, 0) is 36.6 Å². The van der Waals surface area contributed by atoms with Crippen LogP contribution in [-0.4, -0.2) is 31.8 Å². The van der Waals surface area contributed by atoms with E-state index in [0.717, 1.165) is 24.7 Å². The van der Waals surface area contributed by atoms with Crippen LogP contribution >= 0.6 is 24.0 Å². The van der Waals surface area contributed by atoms with Crippen LogP contribution in [0.1, 0.15) is 30.5 Å². The number of guanidine groups is 1. The second-order valence-electron chi connectivity index (χ2n) is 7.04. The molecular weight excluding hydrogens is 465 g/mol. The van der Waals surface area contributed by atoms with Gasteiger partial charge in [0.25, 0.3) is 0 Å². The first-order chi connectivity index (χ1) is 13.1. The van der Waals surface area contributed by atoms with Crippen LogP contribution in [0, 0.1) is 0 Å². The monoisotopic (exact) mass is 495 g/mol. The molecule has 0 saturated heterocycles. The number of hydrogen-bond donors (Lipinski definition) is 2. The Hall–Kier alpha value is -1.80. The van der Waals surface area contributed by atoms with Crippen LogP contribution in [-0.2, 0) is 24.3 Å². The minimum absolute atomic E-state index is 0. The fraction of sp³-hybridized carbons (Fsp3) is 0.409. The van der Waals surface area contributed by atoms with Crippen molar-refractivity contribution >= 4 is 29.9 Å². The standard InChI is InChI=1S/C22H29N3O2.HI/c1-16(2)26-15-18-8-6-7-17(11-18)13-24-22(23-3)25-14-20-12-19-9-4-5-10-21(19)27-20;/h4-11,16,20H,12-15H2,1-3H3,(H2,23,24,25);1H. The third-order valence-corrected chi connectivity index (χ3v) is 4.47. The van der Waals surface area contributed by atoms with Crippen molar-refractivity contribution in [1.29, 1.82) is 0 Å². The van der Waals surface area contributed by atoms with Crippen molar-refractivity contribution in [3.05, 3.63) is 65.2 Å². The zero-order valence-corrected chi connectivity index (χ0v) is 19.1. The average Bonchev–Trinajstić information content (AvgIpc) is 3.10. The maximum atomic E-state index is 5.97. The number of nitrogens with zero attached hydrogens (tertiary/aromatic N) is 1. The molecule has 0 aromatic heterocycles. The second kappa shape index (κ2) is 11.3. The van der Waals surface area contributed by atoms with Crippen LogP contribution in [0.25, 0.3) is 0 Å². The molecule has 2 aromatic rings. The number of ether oxygens (including phenoxy) is 2. The van der Waals surface area contributed by atoms with Gasteiger partial charge in [-0.3, -0.25) is 4.99 Å². The fourth-order valence-corrected chi connectivity index (χ4v) is 3.08. The number of nitrogens with one attached hydrogen (secondary N) is 2. The van der Waals surface area contributed by atoms with Crippen molar-refractivity contribution in [3.8, 4) is 5.75 Å². The molecule has 0 radical (unpaired) electrons. The van der Waals surface area contributed by atoms with E-state index in [-0.39, 0.29) is 36.2 Å². The van der Waals surface area contributed by atoms with Gasteiger partial charge in [0.05, 0.1) is 19.3 Å². The van der Waals surface area contributed by atoms with Gasteiger partial charge in [0.1, 0.15) is 11.9 Å². The van der Waals surface area contributed by atoms with Crippen molar-refractivity contribution in [2.75, 3.05) is 13.6 Å². The summed E-state index contributed by atoms with van der Waals surface area (Å²) in [6, 6.07) is 16.6. The van der Waals surface area contributed by atoms with Gasteiger partial charge in [-0.2, -0.15) is 0 Å². The van der Waals surface area contributed by atoms with Crippen LogP contribution < -0.4 is 15.4 Å². The first kappa shape index (κ1) is 22.5. The maximum Gasteiger partial charge on any atom is 0.191 e. The Balaban J connectivity index is 0.00000280. The highest BCUT2D eigenvalue weighted by atomic mass is 127. The molecule has 152 valence electrons. The summed E-state index contributed by atoms with van der Waals surface area (Å²) in [6.45, 7) is 6.16. The Kier molecular flexibility index (Phi) is 9.05. The second-order valence-corrected chi connectivity index (χ2v) is 7.04. The number of aliphatic imine (C=N–C) groups is 1. The molecule has 0 amide bonds. The molecule has 0 aliphatic carbocycles. The van der Waals surface area contributed by atoms with E-state index in [9.17, 15) is 0 Å². The lowest BCUT2D eigenvalue weighted by Crippen LogP contribution is -2.41. The van der Waals surface area contributed by atoms with Crippen LogP contribution in [0.5, 0.6) is 5.75 Å². The van der Waals surface area contributed by atoms with Gasteiger partial charge in [0.2, 0.25) is 0 Å². The fourth-order valence-electron chi connectivity index (χ4n) is 3.08. The predicted octanol–water partition coefficient (Wildman–Crippen LogP) is 3.90. The summed E-state index contributed by atoms with van der Waals surface area (Å²) < 4.78 is 11.6. The highest BCUT2D eigenvalue weighted by Gasteiger charge is 2.22. The molecule has 5 nitrogen and oxygen atoms in total. The molecule has 2 N–H and O–H groups in total. The van der Waals surface area contributed by atoms with Gasteiger partial charge >= 0.3 is 0 Å². The van der Waals surface area contributed by atoms with Crippen molar-refractivity contribution in [1.82, 2.24) is 10.6 Å². The van der Waals surface area contributed by atoms with Crippen LogP contribution in [0.4, 0.5) is 0 Å². The van der Waals surface area contributed by atoms with Gasteiger partial charge in [0.15, 0.2) is 5.96 Å². The third-order valence-electron chi connectivity index (χ3n) is 4.47. The number of rotatable bonds is 7. The molecule has 2 aromatic carbocycles. The summed E-state index contributed by atoms with van der Waals surface area (Å²) in [4.78, 5) is 4.31. The highest BCUT2D eigenvalue weighted by Crippen LogP contribution is 2.27. The topological polar surface area (TPSA) is 54.9 Å². The maximum absolute atomic E-state index is 5.97. The number of halogens is 1. The van der Waals surface area contributed by atoms with Crippen molar-refractivity contribution in [3.63, 3.8) is 0 Å². The molecule has 6 heteroatoms. The molecule has 1 atom stereocenters. The summed E-state index contributed by atoms with van der Waals surface area (Å²) in [5.41, 5.74) is 3.66. The summed E-state index contributed by atoms with van der Waals surface area (Å²) in [7, 11) is 1.78. The quantitative estimate of drug-likeness (QED) is 0.348. The van der Waals surface area contributed by atoms with E-state index >= 15 is 0 Å². The smallest absolute Gasteiger partial charge is 0.191 e. The predicted molar refractivity (Wildman–Crippen MR) is 125 cm³/mol. The Bertz CT molecular complexity index is 755. The van der Waals surface area contributed by atoms with Gasteiger partial charge in [0, 0.05) is 20.0 Å². The van der Waals surface area contributed by atoms with E-state index in [4.69, 9.17) is 9.47 Å². The molecule has 28 heavy (non-hydrogen) atoms. The zero-order valence-electron chi connectivity index (χ0n) is 16.8. The number of fused-ring (bicyclic) bond motifs is 1. The molecule has 1 aliphatic rings. The van der Waals surface area contributed by atoms with Gasteiger partial charge in [-0.25, -0.2) is 0 Å². The van der Waals surface area contributed by atoms with E-state index in [0.29, 0.717) is 13.2 Å². The van der Waals surface area contributed by atoms with E-state index < -0.39 is 0 Å². The largest absolute Gasteiger partial charge is 0.488 e. The lowest BCUT2D eigenvalue weighted by atomic mass is 10.1. The Morgan fingerprint density at radius 3 is 2.68 bits per heavy atom. The van der Waals surface area contributed by atoms with Gasteiger partial charge < -0.3 is 20.1 Å². The molecule has 0 bridgehead atoms. The SMILES string of the molecule is CN=C(NCc1cccc(COC(C)C)c1)NCC1Cc2ccccc2O1.I. The third kappa shape index (κ3) is 6.67. The van der Waals surface area contributed by atoms with Crippen LogP contribution in [0.2, 0.25) is 0 Å². The van der Waals surface area contributed by atoms with Crippen molar-refractivity contribution < 1.29 is 9.47 Å². The molecule has 1 unspecified atom stereocenters. The van der Waals surface area contributed by atoms with Crippen molar-refractivity contribution in [2.45, 2.75) is 45.6 Å². The summed E-state index contributed by atoms with van der Waals surface area (Å²) in [6.07, 6.45) is 1.30. The average molecular weight is 495 g/mol. The molecule has 0 spiro atoms. The van der Waals surface area contributed by atoms with E-state index in [1.165, 1.54) is 16.7 Å². The number of para-hydroxylation sites is 1. The lowest BCUT2D eigenvalue weighted by molar-refractivity contribution is 0.0657.